The third-order valence-electron chi connectivity index (χ3n) is 5.25. The van der Waals surface area contributed by atoms with Crippen molar-refractivity contribution in [3.63, 3.8) is 0 Å². The summed E-state index contributed by atoms with van der Waals surface area (Å²) in [6.45, 7) is 6.31. The molecule has 0 spiro atoms. The number of nitrogens with zero attached hydrogens (tertiary/aromatic N) is 5. The Kier molecular flexibility index (Phi) is 7.67. The highest BCUT2D eigenvalue weighted by atomic mass is 16.5. The lowest BCUT2D eigenvalue weighted by atomic mass is 10.1. The Hall–Kier alpha value is -2.62. The van der Waals surface area contributed by atoms with E-state index in [1.165, 1.54) is 0 Å². The van der Waals surface area contributed by atoms with Gasteiger partial charge in [0.15, 0.2) is 5.82 Å². The standard InChI is InChI=1S/C21H30N6O3/c1-4-19(20-23-24-25-27(20)9-11-30-3)26(8-5-10-28)14-17-13-16-12-15(2)6-7-18(16)22-21(17)29/h6-7,12-13,19,28H,4-5,8-11,14H2,1-3H3,(H,22,29). The number of methoxy groups -OCH3 is 1. The molecule has 2 aromatic heterocycles. The molecular weight excluding hydrogens is 384 g/mol. The van der Waals surface area contributed by atoms with Crippen molar-refractivity contribution in [2.75, 3.05) is 26.9 Å². The molecule has 3 aromatic rings. The average Bonchev–Trinajstić information content (AvgIpc) is 3.19. The van der Waals surface area contributed by atoms with Gasteiger partial charge in [-0.2, -0.15) is 0 Å². The van der Waals surface area contributed by atoms with Crippen LogP contribution in [-0.4, -0.2) is 62.1 Å². The summed E-state index contributed by atoms with van der Waals surface area (Å²) in [7, 11) is 1.64. The monoisotopic (exact) mass is 414 g/mol. The molecule has 0 radical (unpaired) electrons. The SMILES string of the molecule is CCC(c1nnnn1CCOC)N(CCCO)Cc1cc2cc(C)ccc2[nH]c1=O. The van der Waals surface area contributed by atoms with Crippen LogP contribution in [-0.2, 0) is 17.8 Å². The van der Waals surface area contributed by atoms with Gasteiger partial charge in [-0.1, -0.05) is 18.6 Å². The Balaban J connectivity index is 1.93. The molecule has 30 heavy (non-hydrogen) atoms. The predicted molar refractivity (Wildman–Crippen MR) is 114 cm³/mol. The molecule has 0 amide bonds. The second kappa shape index (κ2) is 10.4. The largest absolute Gasteiger partial charge is 0.396 e. The lowest BCUT2D eigenvalue weighted by molar-refractivity contribution is 0.145. The fourth-order valence-corrected chi connectivity index (χ4v) is 3.72. The van der Waals surface area contributed by atoms with Gasteiger partial charge < -0.3 is 14.8 Å². The van der Waals surface area contributed by atoms with Crippen LogP contribution in [0.1, 0.15) is 42.8 Å². The fraction of sp³-hybridized carbons (Fsp3) is 0.524. The first-order valence-electron chi connectivity index (χ1n) is 10.3. The van der Waals surface area contributed by atoms with Gasteiger partial charge in [-0.15, -0.1) is 5.10 Å². The molecule has 1 unspecified atom stereocenters. The Morgan fingerprint density at radius 3 is 2.90 bits per heavy atom. The number of ether oxygens (including phenoxy) is 1. The molecule has 3 rings (SSSR count). The number of benzene rings is 1. The van der Waals surface area contributed by atoms with Crippen LogP contribution in [0.4, 0.5) is 0 Å². The molecule has 162 valence electrons. The summed E-state index contributed by atoms with van der Waals surface area (Å²) in [5, 5.41) is 22.6. The average molecular weight is 415 g/mol. The molecule has 0 saturated heterocycles. The van der Waals surface area contributed by atoms with Crippen LogP contribution in [0.15, 0.2) is 29.1 Å². The number of hydrogen-bond acceptors (Lipinski definition) is 7. The quantitative estimate of drug-likeness (QED) is 0.492. The summed E-state index contributed by atoms with van der Waals surface area (Å²) in [5.74, 6) is 0.737. The number of pyridine rings is 1. The van der Waals surface area contributed by atoms with Gasteiger partial charge in [0.05, 0.1) is 19.2 Å². The minimum atomic E-state index is -0.103. The van der Waals surface area contributed by atoms with Crippen LogP contribution in [0.5, 0.6) is 0 Å². The molecule has 0 bridgehead atoms. The summed E-state index contributed by atoms with van der Waals surface area (Å²) in [6, 6.07) is 7.84. The molecule has 0 saturated carbocycles. The molecule has 1 aromatic carbocycles. The van der Waals surface area contributed by atoms with E-state index >= 15 is 0 Å². The van der Waals surface area contributed by atoms with E-state index in [0.29, 0.717) is 38.2 Å². The maximum absolute atomic E-state index is 12.7. The van der Waals surface area contributed by atoms with Gasteiger partial charge in [0.25, 0.3) is 5.56 Å². The lowest BCUT2D eigenvalue weighted by Gasteiger charge is -2.30. The molecule has 9 nitrogen and oxygen atoms in total. The van der Waals surface area contributed by atoms with Crippen molar-refractivity contribution in [3.8, 4) is 0 Å². The van der Waals surface area contributed by atoms with Gasteiger partial charge in [-0.25, -0.2) is 4.68 Å². The second-order valence-corrected chi connectivity index (χ2v) is 7.44. The predicted octanol–water partition coefficient (Wildman–Crippen LogP) is 1.81. The number of fused-ring (bicyclic) bond motifs is 1. The number of aryl methyl sites for hydroxylation is 1. The number of aromatic amines is 1. The van der Waals surface area contributed by atoms with Gasteiger partial charge in [-0.05, 0) is 53.8 Å². The van der Waals surface area contributed by atoms with E-state index in [4.69, 9.17) is 4.74 Å². The zero-order valence-electron chi connectivity index (χ0n) is 17.8. The summed E-state index contributed by atoms with van der Waals surface area (Å²) in [4.78, 5) is 17.9. The van der Waals surface area contributed by atoms with Gasteiger partial charge in [-0.3, -0.25) is 9.69 Å². The van der Waals surface area contributed by atoms with Crippen LogP contribution in [0.2, 0.25) is 0 Å². The van der Waals surface area contributed by atoms with E-state index in [1.807, 2.05) is 25.1 Å². The Labute approximate surface area is 175 Å². The second-order valence-electron chi connectivity index (χ2n) is 7.44. The maximum Gasteiger partial charge on any atom is 0.252 e. The summed E-state index contributed by atoms with van der Waals surface area (Å²) in [5.41, 5.74) is 2.54. The lowest BCUT2D eigenvalue weighted by Crippen LogP contribution is -2.34. The zero-order valence-corrected chi connectivity index (χ0v) is 17.8. The number of hydrogen-bond donors (Lipinski definition) is 2. The van der Waals surface area contributed by atoms with Crippen LogP contribution >= 0.6 is 0 Å². The van der Waals surface area contributed by atoms with Crippen molar-refractivity contribution in [1.82, 2.24) is 30.1 Å². The molecule has 0 aliphatic carbocycles. The number of aliphatic hydroxyl groups excluding tert-OH is 1. The number of tetrazole rings is 1. The molecule has 2 N–H and O–H groups in total. The number of nitrogens with one attached hydrogen (secondary N) is 1. The van der Waals surface area contributed by atoms with Gasteiger partial charge >= 0.3 is 0 Å². The Morgan fingerprint density at radius 2 is 2.17 bits per heavy atom. The Morgan fingerprint density at radius 1 is 1.33 bits per heavy atom. The minimum absolute atomic E-state index is 0.0782. The van der Waals surface area contributed by atoms with E-state index in [0.717, 1.165) is 28.7 Å². The van der Waals surface area contributed by atoms with Crippen molar-refractivity contribution >= 4 is 10.9 Å². The molecule has 0 aliphatic heterocycles. The van der Waals surface area contributed by atoms with Crippen molar-refractivity contribution in [2.45, 2.75) is 45.8 Å². The highest BCUT2D eigenvalue weighted by Gasteiger charge is 2.25. The first kappa shape index (κ1) is 22.1. The summed E-state index contributed by atoms with van der Waals surface area (Å²) in [6.07, 6.45) is 1.37. The minimum Gasteiger partial charge on any atom is -0.396 e. The van der Waals surface area contributed by atoms with Crippen molar-refractivity contribution < 1.29 is 9.84 Å². The molecule has 0 aliphatic rings. The topological polar surface area (TPSA) is 109 Å². The van der Waals surface area contributed by atoms with Crippen molar-refractivity contribution in [3.05, 3.63) is 51.6 Å². The first-order valence-corrected chi connectivity index (χ1v) is 10.3. The van der Waals surface area contributed by atoms with E-state index in [2.05, 4.69) is 38.4 Å². The number of rotatable bonds is 11. The number of aliphatic hydroxyl groups is 1. The fourth-order valence-electron chi connectivity index (χ4n) is 3.72. The maximum atomic E-state index is 12.7. The molecule has 1 atom stereocenters. The van der Waals surface area contributed by atoms with Crippen molar-refractivity contribution in [2.24, 2.45) is 0 Å². The zero-order chi connectivity index (χ0) is 21.5. The normalized spacial score (nSPS) is 12.7. The van der Waals surface area contributed by atoms with Crippen LogP contribution in [0.25, 0.3) is 10.9 Å². The number of aromatic nitrogens is 5. The van der Waals surface area contributed by atoms with Crippen LogP contribution < -0.4 is 5.56 Å². The molecular formula is C21H30N6O3. The van der Waals surface area contributed by atoms with Gasteiger partial charge in [0.1, 0.15) is 0 Å². The van der Waals surface area contributed by atoms with E-state index in [-0.39, 0.29) is 18.2 Å². The highest BCUT2D eigenvalue weighted by molar-refractivity contribution is 5.79. The summed E-state index contributed by atoms with van der Waals surface area (Å²) < 4.78 is 6.91. The third-order valence-corrected chi connectivity index (χ3v) is 5.25. The smallest absolute Gasteiger partial charge is 0.252 e. The number of H-pyrrole nitrogens is 1. The summed E-state index contributed by atoms with van der Waals surface area (Å²) >= 11 is 0. The van der Waals surface area contributed by atoms with Crippen LogP contribution in [0.3, 0.4) is 0 Å². The molecule has 2 heterocycles. The molecule has 0 fully saturated rings. The van der Waals surface area contributed by atoms with Crippen molar-refractivity contribution in [1.29, 1.82) is 0 Å². The van der Waals surface area contributed by atoms with E-state index in [1.54, 1.807) is 11.8 Å². The third kappa shape index (κ3) is 5.10. The van der Waals surface area contributed by atoms with Crippen LogP contribution in [0, 0.1) is 6.92 Å². The highest BCUT2D eigenvalue weighted by Crippen LogP contribution is 2.24. The Bertz CT molecular complexity index is 1020. The van der Waals surface area contributed by atoms with Gasteiger partial charge in [0.2, 0.25) is 0 Å². The molecule has 9 heteroatoms. The van der Waals surface area contributed by atoms with E-state index in [9.17, 15) is 9.90 Å². The first-order chi connectivity index (χ1) is 14.6. The van der Waals surface area contributed by atoms with Gasteiger partial charge in [0, 0.05) is 37.9 Å². The van der Waals surface area contributed by atoms with E-state index < -0.39 is 0 Å².